The van der Waals surface area contributed by atoms with Gasteiger partial charge >= 0.3 is 0 Å². The standard InChI is InChI=1S/C16H18O/c1-2-10-7-12-9-13(10)14-8-11-5-3-4-6-15(11)17-16(12)14/h2-6,12-14,16H,7-9H2,1H3/b10-2-. The molecule has 1 nitrogen and oxygen atoms in total. The van der Waals surface area contributed by atoms with E-state index in [-0.39, 0.29) is 0 Å². The zero-order valence-corrected chi connectivity index (χ0v) is 10.2. The molecule has 0 spiro atoms. The summed E-state index contributed by atoms with van der Waals surface area (Å²) in [4.78, 5) is 0. The minimum atomic E-state index is 0.499. The van der Waals surface area contributed by atoms with E-state index in [0.29, 0.717) is 6.10 Å². The van der Waals surface area contributed by atoms with E-state index in [1.54, 1.807) is 5.57 Å². The minimum absolute atomic E-state index is 0.499. The number of benzene rings is 1. The Kier molecular flexibility index (Phi) is 1.94. The second kappa shape index (κ2) is 3.38. The number of fused-ring (bicyclic) bond motifs is 6. The van der Waals surface area contributed by atoms with E-state index >= 15 is 0 Å². The van der Waals surface area contributed by atoms with Gasteiger partial charge in [-0.05, 0) is 43.7 Å². The largest absolute Gasteiger partial charge is 0.490 e. The van der Waals surface area contributed by atoms with Gasteiger partial charge in [-0.2, -0.15) is 0 Å². The highest BCUT2D eigenvalue weighted by atomic mass is 16.5. The molecule has 2 saturated carbocycles. The van der Waals surface area contributed by atoms with Crippen molar-refractivity contribution < 1.29 is 4.74 Å². The lowest BCUT2D eigenvalue weighted by Gasteiger charge is -2.37. The van der Waals surface area contributed by atoms with Crippen LogP contribution in [0.3, 0.4) is 0 Å². The van der Waals surface area contributed by atoms with Crippen LogP contribution in [-0.2, 0) is 6.42 Å². The van der Waals surface area contributed by atoms with Crippen LogP contribution in [0.1, 0.15) is 25.3 Å². The zero-order chi connectivity index (χ0) is 11.4. The van der Waals surface area contributed by atoms with Crippen LogP contribution in [0.4, 0.5) is 0 Å². The van der Waals surface area contributed by atoms with Gasteiger partial charge in [0.15, 0.2) is 0 Å². The summed E-state index contributed by atoms with van der Waals surface area (Å²) in [6.07, 6.45) is 6.72. The summed E-state index contributed by atoms with van der Waals surface area (Å²) in [5, 5.41) is 0. The van der Waals surface area contributed by atoms with Crippen LogP contribution in [-0.4, -0.2) is 6.10 Å². The van der Waals surface area contributed by atoms with Gasteiger partial charge in [0.05, 0.1) is 0 Å². The number of para-hydroxylation sites is 1. The van der Waals surface area contributed by atoms with Crippen molar-refractivity contribution in [2.24, 2.45) is 17.8 Å². The molecule has 1 heterocycles. The smallest absolute Gasteiger partial charge is 0.122 e. The monoisotopic (exact) mass is 226 g/mol. The lowest BCUT2D eigenvalue weighted by atomic mass is 9.77. The highest BCUT2D eigenvalue weighted by Gasteiger charge is 2.52. The Morgan fingerprint density at radius 3 is 3.00 bits per heavy atom. The van der Waals surface area contributed by atoms with Gasteiger partial charge in [-0.1, -0.05) is 29.8 Å². The Balaban J connectivity index is 1.72. The first-order chi connectivity index (χ1) is 8.36. The number of allylic oxidation sites excluding steroid dienone is 2. The van der Waals surface area contributed by atoms with Crippen molar-refractivity contribution >= 4 is 0 Å². The van der Waals surface area contributed by atoms with Crippen LogP contribution in [0.2, 0.25) is 0 Å². The molecule has 1 aliphatic heterocycles. The van der Waals surface area contributed by atoms with Crippen molar-refractivity contribution in [2.45, 2.75) is 32.3 Å². The summed E-state index contributed by atoms with van der Waals surface area (Å²) in [5.41, 5.74) is 3.11. The zero-order valence-electron chi connectivity index (χ0n) is 10.2. The van der Waals surface area contributed by atoms with Crippen LogP contribution >= 0.6 is 0 Å². The Labute approximate surface area is 102 Å². The van der Waals surface area contributed by atoms with Gasteiger partial charge in [-0.3, -0.25) is 0 Å². The number of ether oxygens (including phenoxy) is 1. The minimum Gasteiger partial charge on any atom is -0.490 e. The molecule has 3 aliphatic rings. The average molecular weight is 226 g/mol. The van der Waals surface area contributed by atoms with Crippen molar-refractivity contribution in [3.63, 3.8) is 0 Å². The Hall–Kier alpha value is -1.24. The lowest BCUT2D eigenvalue weighted by molar-refractivity contribution is 0.0797. The summed E-state index contributed by atoms with van der Waals surface area (Å²) < 4.78 is 6.26. The van der Waals surface area contributed by atoms with Crippen molar-refractivity contribution in [3.8, 4) is 5.75 Å². The first-order valence-corrected chi connectivity index (χ1v) is 6.76. The third-order valence-electron chi connectivity index (χ3n) is 5.00. The van der Waals surface area contributed by atoms with Gasteiger partial charge < -0.3 is 4.74 Å². The van der Waals surface area contributed by atoms with Crippen LogP contribution in [0, 0.1) is 17.8 Å². The van der Waals surface area contributed by atoms with Crippen LogP contribution in [0.15, 0.2) is 35.9 Å². The van der Waals surface area contributed by atoms with Crippen LogP contribution in [0.25, 0.3) is 0 Å². The SMILES string of the molecule is C/C=C1/CC2CC1C1Cc3ccccc3OC21. The molecule has 2 aliphatic carbocycles. The van der Waals surface area contributed by atoms with E-state index in [4.69, 9.17) is 4.74 Å². The molecular formula is C16H18O. The molecule has 0 saturated heterocycles. The Bertz CT molecular complexity index is 488. The van der Waals surface area contributed by atoms with E-state index < -0.39 is 0 Å². The predicted molar refractivity (Wildman–Crippen MR) is 68.0 cm³/mol. The van der Waals surface area contributed by atoms with Crippen molar-refractivity contribution in [3.05, 3.63) is 41.5 Å². The molecule has 88 valence electrons. The summed E-state index contributed by atoms with van der Waals surface area (Å²) >= 11 is 0. The first kappa shape index (κ1) is 9.76. The molecular weight excluding hydrogens is 208 g/mol. The lowest BCUT2D eigenvalue weighted by Crippen LogP contribution is -2.38. The highest BCUT2D eigenvalue weighted by molar-refractivity contribution is 5.38. The van der Waals surface area contributed by atoms with Crippen molar-refractivity contribution in [1.29, 1.82) is 0 Å². The number of hydrogen-bond acceptors (Lipinski definition) is 1. The topological polar surface area (TPSA) is 9.23 Å². The van der Waals surface area contributed by atoms with Gasteiger partial charge in [-0.25, -0.2) is 0 Å². The number of hydrogen-bond donors (Lipinski definition) is 0. The maximum Gasteiger partial charge on any atom is 0.122 e. The Morgan fingerprint density at radius 2 is 2.12 bits per heavy atom. The molecule has 4 rings (SSSR count). The maximum absolute atomic E-state index is 6.26. The molecule has 4 atom stereocenters. The molecule has 0 amide bonds. The van der Waals surface area contributed by atoms with E-state index in [9.17, 15) is 0 Å². The molecule has 0 N–H and O–H groups in total. The second-order valence-corrected chi connectivity index (χ2v) is 5.73. The molecule has 17 heavy (non-hydrogen) atoms. The first-order valence-electron chi connectivity index (χ1n) is 6.76. The number of rotatable bonds is 0. The summed E-state index contributed by atoms with van der Waals surface area (Å²) in [7, 11) is 0. The van der Waals surface area contributed by atoms with Gasteiger partial charge in [-0.15, -0.1) is 0 Å². The van der Waals surface area contributed by atoms with Crippen LogP contribution < -0.4 is 4.74 Å². The normalized spacial score (nSPS) is 39.9. The second-order valence-electron chi connectivity index (χ2n) is 5.73. The van der Waals surface area contributed by atoms with Crippen molar-refractivity contribution in [1.82, 2.24) is 0 Å². The molecule has 2 bridgehead atoms. The van der Waals surface area contributed by atoms with Crippen molar-refractivity contribution in [2.75, 3.05) is 0 Å². The van der Waals surface area contributed by atoms with Gasteiger partial charge in [0, 0.05) is 11.8 Å². The third kappa shape index (κ3) is 1.25. The fraction of sp³-hybridized carbons (Fsp3) is 0.500. The molecule has 1 aromatic rings. The molecule has 2 fully saturated rings. The molecule has 1 heteroatoms. The van der Waals surface area contributed by atoms with Gasteiger partial charge in [0.1, 0.15) is 11.9 Å². The van der Waals surface area contributed by atoms with E-state index in [0.717, 1.165) is 23.5 Å². The fourth-order valence-corrected chi connectivity index (χ4v) is 4.26. The van der Waals surface area contributed by atoms with Gasteiger partial charge in [0.2, 0.25) is 0 Å². The fourth-order valence-electron chi connectivity index (χ4n) is 4.26. The predicted octanol–water partition coefficient (Wildman–Crippen LogP) is 3.59. The van der Waals surface area contributed by atoms with Crippen LogP contribution in [0.5, 0.6) is 5.75 Å². The highest BCUT2D eigenvalue weighted by Crippen LogP contribution is 2.55. The summed E-state index contributed by atoms with van der Waals surface area (Å²) in [6, 6.07) is 8.58. The molecule has 1 aromatic carbocycles. The molecule has 4 unspecified atom stereocenters. The van der Waals surface area contributed by atoms with E-state index in [1.165, 1.54) is 24.8 Å². The summed E-state index contributed by atoms with van der Waals surface area (Å²) in [6.45, 7) is 2.20. The van der Waals surface area contributed by atoms with E-state index in [1.807, 2.05) is 0 Å². The Morgan fingerprint density at radius 1 is 1.24 bits per heavy atom. The average Bonchev–Trinajstić information content (AvgIpc) is 2.94. The van der Waals surface area contributed by atoms with Gasteiger partial charge in [0.25, 0.3) is 0 Å². The molecule has 0 aromatic heterocycles. The molecule has 0 radical (unpaired) electrons. The summed E-state index contributed by atoms with van der Waals surface area (Å²) in [5.74, 6) is 3.48. The quantitative estimate of drug-likeness (QED) is 0.614. The van der Waals surface area contributed by atoms with E-state index in [2.05, 4.69) is 37.3 Å². The maximum atomic E-state index is 6.26. The third-order valence-corrected chi connectivity index (χ3v) is 5.00.